The van der Waals surface area contributed by atoms with E-state index in [1.165, 1.54) is 12.1 Å². The van der Waals surface area contributed by atoms with Gasteiger partial charge in [-0.15, -0.1) is 0 Å². The van der Waals surface area contributed by atoms with Gasteiger partial charge in [0.1, 0.15) is 17.2 Å². The number of nitrogens with one attached hydrogen (secondary N) is 1. The van der Waals surface area contributed by atoms with Crippen LogP contribution < -0.4 is 11.1 Å². The number of ether oxygens (including phenoxy) is 1. The van der Waals surface area contributed by atoms with Gasteiger partial charge in [0.2, 0.25) is 0 Å². The van der Waals surface area contributed by atoms with E-state index < -0.39 is 11.4 Å². The monoisotopic (exact) mass is 350 g/mol. The van der Waals surface area contributed by atoms with Crippen LogP contribution in [0.25, 0.3) is 11.1 Å². The van der Waals surface area contributed by atoms with Crippen molar-refractivity contribution in [3.8, 4) is 0 Å². The molecule has 2 aliphatic rings. The number of carbonyl (C=O) groups excluding carboxylic acids is 1. The number of halogens is 1. The second kappa shape index (κ2) is 5.81. The van der Waals surface area contributed by atoms with E-state index in [-0.39, 0.29) is 5.91 Å². The molecule has 0 saturated carbocycles. The lowest BCUT2D eigenvalue weighted by molar-refractivity contribution is -0.111. The van der Waals surface area contributed by atoms with E-state index in [1.54, 1.807) is 6.07 Å². The molecule has 0 aromatic heterocycles. The summed E-state index contributed by atoms with van der Waals surface area (Å²) in [5.41, 5.74) is 9.70. The van der Waals surface area contributed by atoms with Crippen molar-refractivity contribution in [1.29, 1.82) is 0 Å². The van der Waals surface area contributed by atoms with E-state index in [0.29, 0.717) is 29.1 Å². The number of amides is 1. The quantitative estimate of drug-likeness (QED) is 0.809. The Balaban J connectivity index is 1.86. The molecule has 0 spiro atoms. The lowest BCUT2D eigenvalue weighted by Gasteiger charge is -2.23. The molecule has 0 saturated heterocycles. The Bertz CT molecular complexity index is 989. The van der Waals surface area contributed by atoms with Gasteiger partial charge in [0, 0.05) is 17.7 Å². The zero-order chi connectivity index (χ0) is 18.5. The minimum atomic E-state index is -0.599. The molecule has 0 aliphatic carbocycles. The van der Waals surface area contributed by atoms with Gasteiger partial charge in [-0.2, -0.15) is 0 Å². The first-order chi connectivity index (χ1) is 12.4. The summed E-state index contributed by atoms with van der Waals surface area (Å²) in [6, 6.07) is 12.2. The average Bonchev–Trinajstić information content (AvgIpc) is 3.09. The number of anilines is 1. The summed E-state index contributed by atoms with van der Waals surface area (Å²) in [5, 5.41) is 2.70. The van der Waals surface area contributed by atoms with Crippen LogP contribution in [0.15, 0.2) is 54.3 Å². The highest BCUT2D eigenvalue weighted by Gasteiger charge is 2.38. The summed E-state index contributed by atoms with van der Waals surface area (Å²) in [6.07, 6.45) is 1.89. The fourth-order valence-corrected chi connectivity index (χ4v) is 3.47. The van der Waals surface area contributed by atoms with Crippen molar-refractivity contribution in [3.05, 3.63) is 76.8 Å². The van der Waals surface area contributed by atoms with Gasteiger partial charge in [0.25, 0.3) is 5.91 Å². The van der Waals surface area contributed by atoms with Gasteiger partial charge >= 0.3 is 0 Å². The molecule has 0 bridgehead atoms. The summed E-state index contributed by atoms with van der Waals surface area (Å²) in [7, 11) is 0. The molecule has 0 radical (unpaired) electrons. The smallest absolute Gasteiger partial charge is 0.260 e. The number of benzene rings is 2. The molecule has 26 heavy (non-hydrogen) atoms. The normalized spacial score (nSPS) is 20.5. The molecule has 2 heterocycles. The van der Waals surface area contributed by atoms with Crippen LogP contribution in [0.1, 0.15) is 30.5 Å². The fourth-order valence-electron chi connectivity index (χ4n) is 3.47. The lowest BCUT2D eigenvalue weighted by Crippen LogP contribution is -2.21. The molecular weight excluding hydrogens is 331 g/mol. The first-order valence-electron chi connectivity index (χ1n) is 8.45. The van der Waals surface area contributed by atoms with E-state index in [9.17, 15) is 9.18 Å². The number of hydrogen-bond acceptors (Lipinski definition) is 3. The Labute approximate surface area is 151 Å². The third kappa shape index (κ3) is 2.61. The van der Waals surface area contributed by atoms with Crippen LogP contribution in [0.3, 0.4) is 0 Å². The van der Waals surface area contributed by atoms with Crippen LogP contribution in [0, 0.1) is 5.82 Å². The highest BCUT2D eigenvalue weighted by Crippen LogP contribution is 2.44. The van der Waals surface area contributed by atoms with Gasteiger partial charge in [0.05, 0.1) is 11.3 Å². The van der Waals surface area contributed by atoms with E-state index >= 15 is 0 Å². The molecule has 0 unspecified atom stereocenters. The minimum absolute atomic E-state index is 0.287. The molecule has 4 rings (SSSR count). The summed E-state index contributed by atoms with van der Waals surface area (Å²) < 4.78 is 19.6. The highest BCUT2D eigenvalue weighted by molar-refractivity contribution is 6.32. The summed E-state index contributed by atoms with van der Waals surface area (Å²) in [4.78, 5) is 12.5. The molecular formula is C21H19FN2O2. The van der Waals surface area contributed by atoms with E-state index in [1.807, 2.05) is 44.2 Å². The SMILES string of the molecule is CC1(C)O/C(=C2/C(=O)Nc3cc(F)ccc32)C=C1c1cccc(CN)c1. The Morgan fingerprint density at radius 1 is 1.19 bits per heavy atom. The van der Waals surface area contributed by atoms with Crippen LogP contribution in [0.5, 0.6) is 0 Å². The number of rotatable bonds is 2. The molecule has 2 aromatic rings. The van der Waals surface area contributed by atoms with Gasteiger partial charge in [-0.05, 0) is 49.2 Å². The zero-order valence-electron chi connectivity index (χ0n) is 14.6. The third-order valence-electron chi connectivity index (χ3n) is 4.74. The average molecular weight is 350 g/mol. The lowest BCUT2D eigenvalue weighted by atomic mass is 9.91. The molecule has 5 heteroatoms. The van der Waals surface area contributed by atoms with Crippen molar-refractivity contribution < 1.29 is 13.9 Å². The van der Waals surface area contributed by atoms with Crippen molar-refractivity contribution in [2.24, 2.45) is 5.73 Å². The predicted octanol–water partition coefficient (Wildman–Crippen LogP) is 3.84. The van der Waals surface area contributed by atoms with Crippen molar-refractivity contribution in [2.75, 3.05) is 5.32 Å². The van der Waals surface area contributed by atoms with Gasteiger partial charge in [-0.1, -0.05) is 24.3 Å². The minimum Gasteiger partial charge on any atom is -0.482 e. The molecule has 132 valence electrons. The number of allylic oxidation sites excluding steroid dienone is 1. The highest BCUT2D eigenvalue weighted by atomic mass is 19.1. The standard InChI is InChI=1S/C21H19FN2O2/c1-21(2)16(13-5-3-4-12(8-13)11-23)10-18(26-21)19-15-7-6-14(22)9-17(15)24-20(19)25/h3-10H,11,23H2,1-2H3,(H,24,25)/b19-18+. The van der Waals surface area contributed by atoms with Crippen LogP contribution >= 0.6 is 0 Å². The summed E-state index contributed by atoms with van der Waals surface area (Å²) >= 11 is 0. The van der Waals surface area contributed by atoms with Crippen molar-refractivity contribution in [1.82, 2.24) is 0 Å². The second-order valence-corrected chi connectivity index (χ2v) is 6.96. The van der Waals surface area contributed by atoms with Gasteiger partial charge < -0.3 is 15.8 Å². The maximum Gasteiger partial charge on any atom is 0.260 e. The number of hydrogen-bond donors (Lipinski definition) is 2. The maximum atomic E-state index is 13.5. The maximum absolute atomic E-state index is 13.5. The van der Waals surface area contributed by atoms with E-state index in [0.717, 1.165) is 16.7 Å². The fraction of sp³-hybridized carbons (Fsp3) is 0.190. The number of nitrogens with two attached hydrogens (primary N) is 1. The topological polar surface area (TPSA) is 64.3 Å². The first-order valence-corrected chi connectivity index (χ1v) is 8.45. The third-order valence-corrected chi connectivity index (χ3v) is 4.74. The molecule has 3 N–H and O–H groups in total. The van der Waals surface area contributed by atoms with E-state index in [4.69, 9.17) is 10.5 Å². The Hall–Kier alpha value is -2.92. The van der Waals surface area contributed by atoms with Crippen LogP contribution in [0.4, 0.5) is 10.1 Å². The second-order valence-electron chi connectivity index (χ2n) is 6.96. The van der Waals surface area contributed by atoms with Crippen molar-refractivity contribution in [2.45, 2.75) is 26.0 Å². The van der Waals surface area contributed by atoms with Gasteiger partial charge in [0.15, 0.2) is 0 Å². The molecule has 2 aliphatic heterocycles. The van der Waals surface area contributed by atoms with Crippen LogP contribution in [-0.2, 0) is 16.1 Å². The van der Waals surface area contributed by atoms with Crippen molar-refractivity contribution in [3.63, 3.8) is 0 Å². The van der Waals surface area contributed by atoms with E-state index in [2.05, 4.69) is 5.32 Å². The van der Waals surface area contributed by atoms with Crippen LogP contribution in [-0.4, -0.2) is 11.5 Å². The summed E-state index contributed by atoms with van der Waals surface area (Å²) in [6.45, 7) is 4.37. The first kappa shape index (κ1) is 16.5. The molecule has 4 nitrogen and oxygen atoms in total. The zero-order valence-corrected chi connectivity index (χ0v) is 14.6. The summed E-state index contributed by atoms with van der Waals surface area (Å²) in [5.74, 6) is -0.187. The van der Waals surface area contributed by atoms with Gasteiger partial charge in [-0.3, -0.25) is 4.79 Å². The number of carbonyl (C=O) groups is 1. The predicted molar refractivity (Wildman–Crippen MR) is 99.4 cm³/mol. The van der Waals surface area contributed by atoms with Crippen LogP contribution in [0.2, 0.25) is 0 Å². The van der Waals surface area contributed by atoms with Crippen molar-refractivity contribution >= 4 is 22.7 Å². The Morgan fingerprint density at radius 3 is 2.77 bits per heavy atom. The molecule has 0 atom stereocenters. The number of fused-ring (bicyclic) bond motifs is 1. The van der Waals surface area contributed by atoms with Gasteiger partial charge in [-0.25, -0.2) is 4.39 Å². The Kier molecular flexibility index (Phi) is 3.70. The Morgan fingerprint density at radius 2 is 2.00 bits per heavy atom. The molecule has 2 aromatic carbocycles. The molecule has 1 amide bonds. The molecule has 0 fully saturated rings. The largest absolute Gasteiger partial charge is 0.482 e.